The lowest BCUT2D eigenvalue weighted by Gasteiger charge is -2.22. The molecule has 0 spiro atoms. The summed E-state index contributed by atoms with van der Waals surface area (Å²) in [5.74, 6) is 0.598. The molecule has 122 valence electrons. The van der Waals surface area contributed by atoms with E-state index >= 15 is 0 Å². The third-order valence-corrected chi connectivity index (χ3v) is 3.36. The van der Waals surface area contributed by atoms with Crippen molar-refractivity contribution < 1.29 is 4.39 Å². The number of nitrogens with one attached hydrogen (secondary N) is 1. The Morgan fingerprint density at radius 1 is 1.26 bits per heavy atom. The first-order valence-electron chi connectivity index (χ1n) is 7.83. The van der Waals surface area contributed by atoms with Crippen LogP contribution in [0.3, 0.4) is 0 Å². The van der Waals surface area contributed by atoms with Gasteiger partial charge in [-0.1, -0.05) is 18.2 Å². The molecule has 1 aromatic heterocycles. The van der Waals surface area contributed by atoms with Gasteiger partial charge >= 0.3 is 0 Å². The number of pyridine rings is 1. The van der Waals surface area contributed by atoms with E-state index in [1.165, 1.54) is 6.07 Å². The zero-order valence-electron chi connectivity index (χ0n) is 13.7. The molecule has 0 aliphatic carbocycles. The quantitative estimate of drug-likeness (QED) is 0.658. The molecule has 1 aromatic carbocycles. The molecular formula is C18H23FN4. The lowest BCUT2D eigenvalue weighted by molar-refractivity contribution is 0.475. The number of nitrogens with zero attached hydrogens (tertiary/aromatic N) is 3. The summed E-state index contributed by atoms with van der Waals surface area (Å²) in [6, 6.07) is 12.5. The summed E-state index contributed by atoms with van der Waals surface area (Å²) < 4.78 is 13.3. The number of hydrogen-bond donors (Lipinski definition) is 1. The first-order chi connectivity index (χ1) is 11.2. The van der Waals surface area contributed by atoms with Crippen LogP contribution in [0.25, 0.3) is 0 Å². The lowest BCUT2D eigenvalue weighted by atomic mass is 10.2. The maximum absolute atomic E-state index is 13.3. The molecule has 4 nitrogen and oxygen atoms in total. The number of aliphatic imine (C=N–C) groups is 1. The minimum Gasteiger partial charge on any atom is -0.357 e. The van der Waals surface area contributed by atoms with Crippen molar-refractivity contribution >= 4 is 5.96 Å². The van der Waals surface area contributed by atoms with Crippen molar-refractivity contribution in [3.05, 3.63) is 65.7 Å². The van der Waals surface area contributed by atoms with Crippen molar-refractivity contribution in [1.29, 1.82) is 0 Å². The third-order valence-electron chi connectivity index (χ3n) is 3.36. The Kier molecular flexibility index (Phi) is 6.54. The van der Waals surface area contributed by atoms with E-state index in [0.717, 1.165) is 30.2 Å². The predicted molar refractivity (Wildman–Crippen MR) is 91.8 cm³/mol. The topological polar surface area (TPSA) is 40.5 Å². The summed E-state index contributed by atoms with van der Waals surface area (Å²) in [5, 5.41) is 3.27. The van der Waals surface area contributed by atoms with Crippen molar-refractivity contribution in [2.75, 3.05) is 20.1 Å². The molecule has 2 aromatic rings. The molecular weight excluding hydrogens is 291 g/mol. The molecule has 2 rings (SSSR count). The second-order valence-electron chi connectivity index (χ2n) is 5.29. The predicted octanol–water partition coefficient (Wildman–Crippen LogP) is 2.86. The molecule has 0 aliphatic heterocycles. The Labute approximate surface area is 137 Å². The van der Waals surface area contributed by atoms with E-state index in [1.807, 2.05) is 43.1 Å². The second-order valence-corrected chi connectivity index (χ2v) is 5.29. The summed E-state index contributed by atoms with van der Waals surface area (Å²) in [6.07, 6.45) is 2.59. The van der Waals surface area contributed by atoms with E-state index in [4.69, 9.17) is 0 Å². The van der Waals surface area contributed by atoms with Crippen molar-refractivity contribution in [1.82, 2.24) is 15.2 Å². The molecule has 0 saturated heterocycles. The van der Waals surface area contributed by atoms with Gasteiger partial charge in [-0.05, 0) is 36.8 Å². The molecule has 0 atom stereocenters. The minimum absolute atomic E-state index is 0.215. The van der Waals surface area contributed by atoms with Gasteiger partial charge in [-0.2, -0.15) is 0 Å². The zero-order chi connectivity index (χ0) is 16.5. The number of benzene rings is 1. The van der Waals surface area contributed by atoms with Crippen molar-refractivity contribution in [2.45, 2.75) is 19.9 Å². The van der Waals surface area contributed by atoms with E-state index in [9.17, 15) is 4.39 Å². The number of rotatable bonds is 6. The molecule has 1 heterocycles. The highest BCUT2D eigenvalue weighted by atomic mass is 19.1. The van der Waals surface area contributed by atoms with Gasteiger partial charge in [0.2, 0.25) is 0 Å². The molecule has 1 N–H and O–H groups in total. The highest BCUT2D eigenvalue weighted by Crippen LogP contribution is 2.06. The molecule has 0 saturated carbocycles. The van der Waals surface area contributed by atoms with Crippen LogP contribution in [0.4, 0.5) is 4.39 Å². The van der Waals surface area contributed by atoms with Gasteiger partial charge < -0.3 is 10.2 Å². The molecule has 0 fully saturated rings. The van der Waals surface area contributed by atoms with Gasteiger partial charge in [0.1, 0.15) is 5.82 Å². The number of halogens is 1. The summed E-state index contributed by atoms with van der Waals surface area (Å²) in [7, 11) is 1.95. The van der Waals surface area contributed by atoms with Crippen LogP contribution in [0.5, 0.6) is 0 Å². The lowest BCUT2D eigenvalue weighted by Crippen LogP contribution is -2.38. The van der Waals surface area contributed by atoms with Gasteiger partial charge in [-0.15, -0.1) is 0 Å². The van der Waals surface area contributed by atoms with Crippen molar-refractivity contribution in [2.24, 2.45) is 4.99 Å². The fourth-order valence-corrected chi connectivity index (χ4v) is 2.28. The number of hydrogen-bond acceptors (Lipinski definition) is 2. The Balaban J connectivity index is 1.97. The average Bonchev–Trinajstić information content (AvgIpc) is 2.55. The third kappa shape index (κ3) is 5.70. The molecule has 5 heteroatoms. The Morgan fingerprint density at radius 2 is 2.13 bits per heavy atom. The van der Waals surface area contributed by atoms with Crippen LogP contribution in [-0.4, -0.2) is 36.0 Å². The Bertz CT molecular complexity index is 628. The highest BCUT2D eigenvalue weighted by molar-refractivity contribution is 5.79. The second kappa shape index (κ2) is 8.88. The zero-order valence-corrected chi connectivity index (χ0v) is 13.7. The molecule has 0 bridgehead atoms. The van der Waals surface area contributed by atoms with Crippen molar-refractivity contribution in [3.63, 3.8) is 0 Å². The number of guanidine groups is 1. The van der Waals surface area contributed by atoms with E-state index in [2.05, 4.69) is 15.3 Å². The van der Waals surface area contributed by atoms with E-state index in [0.29, 0.717) is 13.1 Å². The van der Waals surface area contributed by atoms with Crippen LogP contribution in [0.1, 0.15) is 18.2 Å². The van der Waals surface area contributed by atoms with Crippen LogP contribution < -0.4 is 5.32 Å². The highest BCUT2D eigenvalue weighted by Gasteiger charge is 2.07. The minimum atomic E-state index is -0.215. The SMILES string of the molecule is CCNC(=NCCc1ccccn1)N(C)Cc1cccc(F)c1. The smallest absolute Gasteiger partial charge is 0.193 e. The van der Waals surface area contributed by atoms with Crippen molar-refractivity contribution in [3.8, 4) is 0 Å². The molecule has 0 amide bonds. The van der Waals surface area contributed by atoms with Gasteiger partial charge in [0.25, 0.3) is 0 Å². The first kappa shape index (κ1) is 16.9. The summed E-state index contributed by atoms with van der Waals surface area (Å²) in [4.78, 5) is 10.9. The van der Waals surface area contributed by atoms with Gasteiger partial charge in [0, 0.05) is 45.0 Å². The summed E-state index contributed by atoms with van der Waals surface area (Å²) in [5.41, 5.74) is 1.95. The average molecular weight is 314 g/mol. The molecule has 0 radical (unpaired) electrons. The van der Waals surface area contributed by atoms with Crippen LogP contribution >= 0.6 is 0 Å². The fourth-order valence-electron chi connectivity index (χ4n) is 2.28. The summed E-state index contributed by atoms with van der Waals surface area (Å²) in [6.45, 7) is 4.08. The monoisotopic (exact) mass is 314 g/mol. The summed E-state index contributed by atoms with van der Waals surface area (Å²) >= 11 is 0. The van der Waals surface area contributed by atoms with Gasteiger partial charge in [0.15, 0.2) is 5.96 Å². The van der Waals surface area contributed by atoms with Crippen LogP contribution in [0.2, 0.25) is 0 Å². The fraction of sp³-hybridized carbons (Fsp3) is 0.333. The molecule has 23 heavy (non-hydrogen) atoms. The van der Waals surface area contributed by atoms with E-state index < -0.39 is 0 Å². The molecule has 0 unspecified atom stereocenters. The largest absolute Gasteiger partial charge is 0.357 e. The Morgan fingerprint density at radius 3 is 2.83 bits per heavy atom. The van der Waals surface area contributed by atoms with Crippen LogP contribution in [-0.2, 0) is 13.0 Å². The number of aromatic nitrogens is 1. The normalized spacial score (nSPS) is 11.3. The standard InChI is InChI=1S/C18H23FN4/c1-3-20-18(22-12-10-17-9-4-5-11-21-17)23(2)14-15-7-6-8-16(19)13-15/h4-9,11,13H,3,10,12,14H2,1-2H3,(H,20,22). The Hall–Kier alpha value is -2.43. The molecule has 0 aliphatic rings. The van der Waals surface area contributed by atoms with Crippen LogP contribution in [0, 0.1) is 5.82 Å². The van der Waals surface area contributed by atoms with Crippen LogP contribution in [0.15, 0.2) is 53.7 Å². The van der Waals surface area contributed by atoms with E-state index in [-0.39, 0.29) is 5.82 Å². The maximum Gasteiger partial charge on any atom is 0.193 e. The van der Waals surface area contributed by atoms with Gasteiger partial charge in [-0.3, -0.25) is 9.98 Å². The first-order valence-corrected chi connectivity index (χ1v) is 7.83. The van der Waals surface area contributed by atoms with Gasteiger partial charge in [-0.25, -0.2) is 4.39 Å². The van der Waals surface area contributed by atoms with E-state index in [1.54, 1.807) is 18.3 Å². The maximum atomic E-state index is 13.3. The van der Waals surface area contributed by atoms with Gasteiger partial charge in [0.05, 0.1) is 0 Å².